The topological polar surface area (TPSA) is 60.2 Å². The molecular formula is C10H15NO2S2. The Balaban J connectivity index is 2.17. The van der Waals surface area contributed by atoms with Gasteiger partial charge in [-0.2, -0.15) is 0 Å². The molecule has 1 aromatic heterocycles. The largest absolute Gasteiger partial charge is 0.323 e. The van der Waals surface area contributed by atoms with Crippen molar-refractivity contribution in [2.24, 2.45) is 11.7 Å². The molecule has 0 saturated carbocycles. The van der Waals surface area contributed by atoms with Gasteiger partial charge in [0.1, 0.15) is 0 Å². The Kier molecular flexibility index (Phi) is 2.87. The van der Waals surface area contributed by atoms with Crippen LogP contribution >= 0.6 is 11.3 Å². The lowest BCUT2D eigenvalue weighted by Gasteiger charge is -2.17. The maximum atomic E-state index is 11.3. The van der Waals surface area contributed by atoms with E-state index in [1.165, 1.54) is 5.56 Å². The molecule has 5 heteroatoms. The van der Waals surface area contributed by atoms with Gasteiger partial charge in [0, 0.05) is 10.9 Å². The summed E-state index contributed by atoms with van der Waals surface area (Å²) in [6.07, 6.45) is 0.709. The first-order valence-electron chi connectivity index (χ1n) is 4.99. The van der Waals surface area contributed by atoms with E-state index in [0.29, 0.717) is 12.2 Å². The van der Waals surface area contributed by atoms with Crippen LogP contribution in [0.15, 0.2) is 11.4 Å². The zero-order valence-electron chi connectivity index (χ0n) is 8.64. The van der Waals surface area contributed by atoms with Crippen LogP contribution in [0.4, 0.5) is 0 Å². The lowest BCUT2D eigenvalue weighted by Crippen LogP contribution is -2.22. The molecule has 1 fully saturated rings. The van der Waals surface area contributed by atoms with Crippen LogP contribution in [-0.4, -0.2) is 19.9 Å². The molecule has 1 saturated heterocycles. The van der Waals surface area contributed by atoms with Crippen molar-refractivity contribution >= 4 is 21.2 Å². The molecular weight excluding hydrogens is 230 g/mol. The van der Waals surface area contributed by atoms with Crippen molar-refractivity contribution in [3.8, 4) is 0 Å². The summed E-state index contributed by atoms with van der Waals surface area (Å²) in [7, 11) is -2.82. The molecule has 0 aliphatic carbocycles. The minimum absolute atomic E-state index is 0.104. The number of rotatable bonds is 2. The van der Waals surface area contributed by atoms with Gasteiger partial charge in [0.25, 0.3) is 0 Å². The lowest BCUT2D eigenvalue weighted by atomic mass is 9.97. The number of hydrogen-bond acceptors (Lipinski definition) is 4. The third-order valence-corrected chi connectivity index (χ3v) is 5.89. The van der Waals surface area contributed by atoms with Crippen LogP contribution in [0.3, 0.4) is 0 Å². The van der Waals surface area contributed by atoms with Crippen molar-refractivity contribution in [2.75, 3.05) is 11.5 Å². The maximum absolute atomic E-state index is 11.3. The Morgan fingerprint density at radius 1 is 1.60 bits per heavy atom. The molecule has 2 unspecified atom stereocenters. The highest BCUT2D eigenvalue weighted by atomic mass is 32.2. The maximum Gasteiger partial charge on any atom is 0.150 e. The molecule has 1 aliphatic heterocycles. The fraction of sp³-hybridized carbons (Fsp3) is 0.600. The fourth-order valence-electron chi connectivity index (χ4n) is 2.05. The summed E-state index contributed by atoms with van der Waals surface area (Å²) in [5.41, 5.74) is 7.29. The number of nitrogens with two attached hydrogens (primary N) is 1. The van der Waals surface area contributed by atoms with Crippen LogP contribution in [0.1, 0.15) is 22.9 Å². The van der Waals surface area contributed by atoms with Crippen molar-refractivity contribution in [2.45, 2.75) is 19.4 Å². The molecule has 84 valence electrons. The Bertz CT molecular complexity index is 450. The third kappa shape index (κ3) is 2.24. The highest BCUT2D eigenvalue weighted by molar-refractivity contribution is 7.91. The first kappa shape index (κ1) is 11.1. The second-order valence-corrected chi connectivity index (χ2v) is 7.33. The first-order chi connectivity index (χ1) is 6.99. The SMILES string of the molecule is Cc1ccsc1C(N)C1CCS(=O)(=O)C1. The lowest BCUT2D eigenvalue weighted by molar-refractivity contribution is 0.484. The number of hydrogen-bond donors (Lipinski definition) is 1. The standard InChI is InChI=1S/C10H15NO2S2/c1-7-2-4-14-10(7)9(11)8-3-5-15(12,13)6-8/h2,4,8-9H,3,5-6,11H2,1H3. The predicted octanol–water partition coefficient (Wildman–Crippen LogP) is 1.49. The molecule has 0 bridgehead atoms. The van der Waals surface area contributed by atoms with Gasteiger partial charge in [-0.15, -0.1) is 11.3 Å². The van der Waals surface area contributed by atoms with E-state index in [0.717, 1.165) is 4.88 Å². The van der Waals surface area contributed by atoms with E-state index in [-0.39, 0.29) is 17.7 Å². The van der Waals surface area contributed by atoms with Crippen molar-refractivity contribution in [3.05, 3.63) is 21.9 Å². The van der Waals surface area contributed by atoms with Gasteiger partial charge in [0.2, 0.25) is 0 Å². The second kappa shape index (κ2) is 3.88. The molecule has 2 atom stereocenters. The van der Waals surface area contributed by atoms with Crippen LogP contribution in [0.2, 0.25) is 0 Å². The van der Waals surface area contributed by atoms with E-state index in [2.05, 4.69) is 0 Å². The Labute approximate surface area is 94.2 Å². The number of sulfone groups is 1. The molecule has 2 rings (SSSR count). The zero-order chi connectivity index (χ0) is 11.1. The normalized spacial score (nSPS) is 26.7. The summed E-state index contributed by atoms with van der Waals surface area (Å²) in [6, 6.07) is 1.92. The van der Waals surface area contributed by atoms with Crippen LogP contribution in [0.5, 0.6) is 0 Å². The molecule has 15 heavy (non-hydrogen) atoms. The van der Waals surface area contributed by atoms with Gasteiger partial charge in [-0.3, -0.25) is 0 Å². The van der Waals surface area contributed by atoms with E-state index in [4.69, 9.17) is 5.73 Å². The minimum atomic E-state index is -2.82. The van der Waals surface area contributed by atoms with Crippen molar-refractivity contribution < 1.29 is 8.42 Å². The molecule has 1 aliphatic rings. The molecule has 0 aromatic carbocycles. The van der Waals surface area contributed by atoms with E-state index >= 15 is 0 Å². The van der Waals surface area contributed by atoms with Crippen LogP contribution in [0, 0.1) is 12.8 Å². The number of thiophene rings is 1. The van der Waals surface area contributed by atoms with E-state index in [9.17, 15) is 8.42 Å². The quantitative estimate of drug-likeness (QED) is 0.858. The zero-order valence-corrected chi connectivity index (χ0v) is 10.3. The highest BCUT2D eigenvalue weighted by Gasteiger charge is 2.33. The monoisotopic (exact) mass is 245 g/mol. The number of aryl methyl sites for hydroxylation is 1. The van der Waals surface area contributed by atoms with Crippen molar-refractivity contribution in [3.63, 3.8) is 0 Å². The van der Waals surface area contributed by atoms with Gasteiger partial charge in [-0.05, 0) is 36.3 Å². The Morgan fingerprint density at radius 3 is 2.80 bits per heavy atom. The average Bonchev–Trinajstić information content (AvgIpc) is 2.71. The molecule has 1 aromatic rings. The summed E-state index contributed by atoms with van der Waals surface area (Å²) in [4.78, 5) is 1.14. The fourth-order valence-corrected chi connectivity index (χ4v) is 4.92. The minimum Gasteiger partial charge on any atom is -0.323 e. The molecule has 0 amide bonds. The first-order valence-corrected chi connectivity index (χ1v) is 7.70. The van der Waals surface area contributed by atoms with Crippen LogP contribution in [0.25, 0.3) is 0 Å². The summed E-state index contributed by atoms with van der Waals surface area (Å²) >= 11 is 1.62. The van der Waals surface area contributed by atoms with Gasteiger partial charge < -0.3 is 5.73 Å². The molecule has 2 heterocycles. The van der Waals surface area contributed by atoms with Crippen LogP contribution < -0.4 is 5.73 Å². The van der Waals surface area contributed by atoms with E-state index in [1.54, 1.807) is 11.3 Å². The van der Waals surface area contributed by atoms with Gasteiger partial charge in [0.05, 0.1) is 11.5 Å². The van der Waals surface area contributed by atoms with Gasteiger partial charge in [-0.1, -0.05) is 0 Å². The Morgan fingerprint density at radius 2 is 2.33 bits per heavy atom. The van der Waals surface area contributed by atoms with Gasteiger partial charge in [0.15, 0.2) is 9.84 Å². The summed E-state index contributed by atoms with van der Waals surface area (Å²) < 4.78 is 22.7. The van der Waals surface area contributed by atoms with Gasteiger partial charge >= 0.3 is 0 Å². The summed E-state index contributed by atoms with van der Waals surface area (Å²) in [6.45, 7) is 2.02. The van der Waals surface area contributed by atoms with Crippen molar-refractivity contribution in [1.82, 2.24) is 0 Å². The predicted molar refractivity (Wildman–Crippen MR) is 62.7 cm³/mol. The summed E-state index contributed by atoms with van der Waals surface area (Å²) in [5, 5.41) is 2.01. The molecule has 2 N–H and O–H groups in total. The van der Waals surface area contributed by atoms with E-state index < -0.39 is 9.84 Å². The van der Waals surface area contributed by atoms with Gasteiger partial charge in [-0.25, -0.2) is 8.42 Å². The second-order valence-electron chi connectivity index (χ2n) is 4.16. The third-order valence-electron chi connectivity index (χ3n) is 2.98. The van der Waals surface area contributed by atoms with Crippen molar-refractivity contribution in [1.29, 1.82) is 0 Å². The average molecular weight is 245 g/mol. The smallest absolute Gasteiger partial charge is 0.150 e. The van der Waals surface area contributed by atoms with Crippen LogP contribution in [-0.2, 0) is 9.84 Å². The van der Waals surface area contributed by atoms with E-state index in [1.807, 2.05) is 18.4 Å². The summed E-state index contributed by atoms with van der Waals surface area (Å²) in [5.74, 6) is 0.661. The molecule has 3 nitrogen and oxygen atoms in total. The molecule has 0 spiro atoms. The highest BCUT2D eigenvalue weighted by Crippen LogP contribution is 2.33. The Hall–Kier alpha value is -0.390. The molecule has 0 radical (unpaired) electrons.